The fourth-order valence-corrected chi connectivity index (χ4v) is 2.84. The van der Waals surface area contributed by atoms with Gasteiger partial charge in [-0.25, -0.2) is 0 Å². The van der Waals surface area contributed by atoms with E-state index < -0.39 is 0 Å². The number of piperazine rings is 1. The molecule has 0 spiro atoms. The Morgan fingerprint density at radius 3 is 2.48 bits per heavy atom. The Balaban J connectivity index is 2.14. The first-order chi connectivity index (χ1) is 10.1. The summed E-state index contributed by atoms with van der Waals surface area (Å²) in [4.78, 5) is 16.7. The molecule has 1 heterocycles. The summed E-state index contributed by atoms with van der Waals surface area (Å²) in [7, 11) is 3.37. The van der Waals surface area contributed by atoms with Gasteiger partial charge in [0.2, 0.25) is 5.91 Å². The fourth-order valence-electron chi connectivity index (χ4n) is 2.84. The summed E-state index contributed by atoms with van der Waals surface area (Å²) in [6, 6.07) is 8.27. The molecule has 0 bridgehead atoms. The Bertz CT molecular complexity index is 473. The van der Waals surface area contributed by atoms with Crippen LogP contribution >= 0.6 is 0 Å². The van der Waals surface area contributed by atoms with Crippen LogP contribution in [-0.4, -0.2) is 56.7 Å². The lowest BCUT2D eigenvalue weighted by atomic mass is 10.1. The molecule has 1 aromatic carbocycles. The lowest BCUT2D eigenvalue weighted by Crippen LogP contribution is -2.60. The van der Waals surface area contributed by atoms with Crippen molar-refractivity contribution in [2.24, 2.45) is 0 Å². The molecule has 1 atom stereocenters. The van der Waals surface area contributed by atoms with Gasteiger partial charge in [-0.2, -0.15) is 0 Å². The number of carbonyl (C=O) groups excluding carboxylic acids is 1. The van der Waals surface area contributed by atoms with Gasteiger partial charge < -0.3 is 15.0 Å². The average Bonchev–Trinajstić information content (AvgIpc) is 2.53. The number of benzene rings is 1. The molecule has 0 radical (unpaired) electrons. The van der Waals surface area contributed by atoms with Crippen LogP contribution in [0.2, 0.25) is 0 Å². The Labute approximate surface area is 126 Å². The van der Waals surface area contributed by atoms with Gasteiger partial charge in [-0.1, -0.05) is 0 Å². The Morgan fingerprint density at radius 2 is 1.95 bits per heavy atom. The standard InChI is InChI=1S/C16H25N3O2/c1-12(2)19-10-9-18(11-15(19)16(20)17-3)13-5-7-14(21-4)8-6-13/h5-8,12,15H,9-11H2,1-4H3,(H,17,20)/t15-/m0/s1. The summed E-state index contributed by atoms with van der Waals surface area (Å²) in [5.74, 6) is 0.935. The van der Waals surface area contributed by atoms with Crippen molar-refractivity contribution in [3.63, 3.8) is 0 Å². The largest absolute Gasteiger partial charge is 0.497 e. The van der Waals surface area contributed by atoms with E-state index in [4.69, 9.17) is 4.74 Å². The van der Waals surface area contributed by atoms with E-state index in [2.05, 4.69) is 29.0 Å². The molecule has 0 aromatic heterocycles. The van der Waals surface area contributed by atoms with Crippen LogP contribution in [0.5, 0.6) is 5.75 Å². The highest BCUT2D eigenvalue weighted by molar-refractivity contribution is 5.82. The molecule has 0 saturated carbocycles. The molecule has 1 N–H and O–H groups in total. The second kappa shape index (κ2) is 6.80. The summed E-state index contributed by atoms with van der Waals surface area (Å²) in [5, 5.41) is 2.78. The number of nitrogens with zero attached hydrogens (tertiary/aromatic N) is 2. The predicted molar refractivity (Wildman–Crippen MR) is 84.9 cm³/mol. The number of ether oxygens (including phenoxy) is 1. The van der Waals surface area contributed by atoms with Crippen molar-refractivity contribution in [3.8, 4) is 5.75 Å². The van der Waals surface area contributed by atoms with E-state index in [-0.39, 0.29) is 11.9 Å². The van der Waals surface area contributed by atoms with E-state index in [1.165, 1.54) is 0 Å². The molecule has 2 rings (SSSR count). The van der Waals surface area contributed by atoms with Gasteiger partial charge in [-0.15, -0.1) is 0 Å². The summed E-state index contributed by atoms with van der Waals surface area (Å²) in [6.07, 6.45) is 0. The van der Waals surface area contributed by atoms with Crippen molar-refractivity contribution in [1.82, 2.24) is 10.2 Å². The third-order valence-electron chi connectivity index (χ3n) is 4.07. The SMILES string of the molecule is CNC(=O)[C@@H]1CN(c2ccc(OC)cc2)CCN1C(C)C. The average molecular weight is 291 g/mol. The quantitative estimate of drug-likeness (QED) is 0.909. The van der Waals surface area contributed by atoms with Crippen LogP contribution in [0.3, 0.4) is 0 Å². The van der Waals surface area contributed by atoms with Gasteiger partial charge in [0, 0.05) is 38.4 Å². The minimum absolute atomic E-state index is 0.0851. The number of rotatable bonds is 4. The predicted octanol–water partition coefficient (Wildman–Crippen LogP) is 1.34. The number of amides is 1. The minimum atomic E-state index is -0.106. The van der Waals surface area contributed by atoms with Crippen LogP contribution in [0.25, 0.3) is 0 Å². The van der Waals surface area contributed by atoms with Crippen molar-refractivity contribution >= 4 is 11.6 Å². The van der Waals surface area contributed by atoms with Gasteiger partial charge >= 0.3 is 0 Å². The first kappa shape index (κ1) is 15.6. The van der Waals surface area contributed by atoms with E-state index in [9.17, 15) is 4.79 Å². The summed E-state index contributed by atoms with van der Waals surface area (Å²) < 4.78 is 5.19. The molecular weight excluding hydrogens is 266 g/mol. The van der Waals surface area contributed by atoms with Gasteiger partial charge in [-0.3, -0.25) is 9.69 Å². The van der Waals surface area contributed by atoms with E-state index in [1.807, 2.05) is 24.3 Å². The molecular formula is C16H25N3O2. The van der Waals surface area contributed by atoms with Gasteiger partial charge in [0.1, 0.15) is 11.8 Å². The zero-order valence-corrected chi connectivity index (χ0v) is 13.3. The first-order valence-electron chi connectivity index (χ1n) is 7.43. The zero-order chi connectivity index (χ0) is 15.4. The number of carbonyl (C=O) groups is 1. The van der Waals surface area contributed by atoms with Gasteiger partial charge in [-0.05, 0) is 38.1 Å². The number of anilines is 1. The normalized spacial score (nSPS) is 19.7. The number of methoxy groups -OCH3 is 1. The highest BCUT2D eigenvalue weighted by atomic mass is 16.5. The summed E-state index contributed by atoms with van der Waals surface area (Å²) >= 11 is 0. The van der Waals surface area contributed by atoms with Crippen molar-refractivity contribution < 1.29 is 9.53 Å². The van der Waals surface area contributed by atoms with E-state index in [0.29, 0.717) is 12.6 Å². The van der Waals surface area contributed by atoms with Crippen molar-refractivity contribution in [1.29, 1.82) is 0 Å². The molecule has 0 aliphatic carbocycles. The molecule has 1 aliphatic heterocycles. The van der Waals surface area contributed by atoms with Gasteiger partial charge in [0.05, 0.1) is 7.11 Å². The third-order valence-corrected chi connectivity index (χ3v) is 4.07. The van der Waals surface area contributed by atoms with Crippen LogP contribution < -0.4 is 15.0 Å². The molecule has 5 nitrogen and oxygen atoms in total. The second-order valence-electron chi connectivity index (χ2n) is 5.61. The highest BCUT2D eigenvalue weighted by Crippen LogP contribution is 2.23. The Morgan fingerprint density at radius 1 is 1.29 bits per heavy atom. The van der Waals surface area contributed by atoms with Crippen LogP contribution in [0.15, 0.2) is 24.3 Å². The van der Waals surface area contributed by atoms with Crippen molar-refractivity contribution in [3.05, 3.63) is 24.3 Å². The summed E-state index contributed by atoms with van der Waals surface area (Å²) in [6.45, 7) is 6.81. The maximum Gasteiger partial charge on any atom is 0.238 e. The van der Waals surface area contributed by atoms with Crippen LogP contribution in [0.1, 0.15) is 13.8 Å². The Hall–Kier alpha value is -1.75. The van der Waals surface area contributed by atoms with Crippen LogP contribution in [0, 0.1) is 0 Å². The van der Waals surface area contributed by atoms with Crippen LogP contribution in [-0.2, 0) is 4.79 Å². The maximum atomic E-state index is 12.2. The van der Waals surface area contributed by atoms with E-state index in [0.717, 1.165) is 24.5 Å². The van der Waals surface area contributed by atoms with Crippen LogP contribution in [0.4, 0.5) is 5.69 Å². The van der Waals surface area contributed by atoms with Crippen molar-refractivity contribution in [2.45, 2.75) is 25.9 Å². The number of hydrogen-bond acceptors (Lipinski definition) is 4. The fraction of sp³-hybridized carbons (Fsp3) is 0.562. The summed E-state index contributed by atoms with van der Waals surface area (Å²) in [5.41, 5.74) is 1.13. The number of nitrogens with one attached hydrogen (secondary N) is 1. The second-order valence-corrected chi connectivity index (χ2v) is 5.61. The molecule has 116 valence electrons. The Kier molecular flexibility index (Phi) is 5.07. The topological polar surface area (TPSA) is 44.8 Å². The molecule has 21 heavy (non-hydrogen) atoms. The minimum Gasteiger partial charge on any atom is -0.497 e. The van der Waals surface area contributed by atoms with Crippen molar-refractivity contribution in [2.75, 3.05) is 38.7 Å². The lowest BCUT2D eigenvalue weighted by Gasteiger charge is -2.43. The molecule has 5 heteroatoms. The van der Waals surface area contributed by atoms with E-state index >= 15 is 0 Å². The molecule has 0 unspecified atom stereocenters. The van der Waals surface area contributed by atoms with Gasteiger partial charge in [0.25, 0.3) is 0 Å². The monoisotopic (exact) mass is 291 g/mol. The molecule has 1 aliphatic rings. The highest BCUT2D eigenvalue weighted by Gasteiger charge is 2.33. The third kappa shape index (κ3) is 3.47. The van der Waals surface area contributed by atoms with Gasteiger partial charge in [0.15, 0.2) is 0 Å². The zero-order valence-electron chi connectivity index (χ0n) is 13.3. The number of hydrogen-bond donors (Lipinski definition) is 1. The lowest BCUT2D eigenvalue weighted by molar-refractivity contribution is -0.126. The molecule has 1 fully saturated rings. The maximum absolute atomic E-state index is 12.2. The molecule has 1 amide bonds. The first-order valence-corrected chi connectivity index (χ1v) is 7.43. The smallest absolute Gasteiger partial charge is 0.238 e. The molecule has 1 saturated heterocycles. The molecule has 1 aromatic rings. The van der Waals surface area contributed by atoms with E-state index in [1.54, 1.807) is 14.2 Å². The number of likely N-dealkylation sites (N-methyl/N-ethyl adjacent to an activating group) is 1.